The van der Waals surface area contributed by atoms with Crippen LogP contribution < -0.4 is 5.73 Å². The molecule has 1 aliphatic rings. The van der Waals surface area contributed by atoms with E-state index in [4.69, 9.17) is 15.0 Å². The molecule has 5 heteroatoms. The molecule has 2 rings (SSSR count). The Hall–Kier alpha value is -0.940. The Morgan fingerprint density at radius 2 is 2.47 bits per heavy atom. The first-order valence-electron chi connectivity index (χ1n) is 5.52. The van der Waals surface area contributed by atoms with Crippen molar-refractivity contribution in [3.8, 4) is 0 Å². The number of hydrogen-bond donors (Lipinski definition) is 1. The molecule has 0 saturated carbocycles. The monoisotopic (exact) mass is 211 g/mol. The lowest BCUT2D eigenvalue weighted by atomic mass is 10.2. The lowest BCUT2D eigenvalue weighted by Gasteiger charge is -2.03. The van der Waals surface area contributed by atoms with Gasteiger partial charge in [0, 0.05) is 6.61 Å². The van der Waals surface area contributed by atoms with E-state index in [9.17, 15) is 0 Å². The molecule has 2 N–H and O–H groups in total. The molecule has 84 valence electrons. The van der Waals surface area contributed by atoms with Gasteiger partial charge in [0.2, 0.25) is 11.7 Å². The summed E-state index contributed by atoms with van der Waals surface area (Å²) in [6.07, 6.45) is 3.93. The second-order valence-corrected chi connectivity index (χ2v) is 3.89. The maximum absolute atomic E-state index is 5.88. The van der Waals surface area contributed by atoms with Crippen molar-refractivity contribution in [3.05, 3.63) is 11.7 Å². The second-order valence-electron chi connectivity index (χ2n) is 3.89. The standard InChI is InChI=1S/C10H17N3O2/c1-2-4-7(11)10-12-9(13-15-10)8-5-3-6-14-8/h7-8H,2-6,11H2,1H3. The smallest absolute Gasteiger partial charge is 0.243 e. The van der Waals surface area contributed by atoms with Gasteiger partial charge in [-0.3, -0.25) is 0 Å². The minimum absolute atomic E-state index is 0.0105. The molecule has 1 aromatic heterocycles. The second kappa shape index (κ2) is 4.72. The summed E-state index contributed by atoms with van der Waals surface area (Å²) in [5.41, 5.74) is 5.88. The third-order valence-corrected chi connectivity index (χ3v) is 2.59. The van der Waals surface area contributed by atoms with Crippen LogP contribution in [0.4, 0.5) is 0 Å². The Labute approximate surface area is 89.0 Å². The summed E-state index contributed by atoms with van der Waals surface area (Å²) < 4.78 is 10.6. The van der Waals surface area contributed by atoms with Gasteiger partial charge in [-0.1, -0.05) is 18.5 Å². The van der Waals surface area contributed by atoms with Gasteiger partial charge in [0.15, 0.2) is 0 Å². The van der Waals surface area contributed by atoms with Gasteiger partial charge in [0.1, 0.15) is 6.10 Å². The van der Waals surface area contributed by atoms with E-state index in [1.54, 1.807) is 0 Å². The van der Waals surface area contributed by atoms with Crippen LogP contribution in [0.5, 0.6) is 0 Å². The molecule has 0 amide bonds. The summed E-state index contributed by atoms with van der Waals surface area (Å²) in [6, 6.07) is -0.141. The van der Waals surface area contributed by atoms with E-state index in [0.717, 1.165) is 32.3 Å². The highest BCUT2D eigenvalue weighted by atomic mass is 16.5. The van der Waals surface area contributed by atoms with Gasteiger partial charge in [0.05, 0.1) is 6.04 Å². The van der Waals surface area contributed by atoms with Crippen molar-refractivity contribution in [1.82, 2.24) is 10.1 Å². The molecular formula is C10H17N3O2. The van der Waals surface area contributed by atoms with Gasteiger partial charge in [-0.2, -0.15) is 4.98 Å². The fraction of sp³-hybridized carbons (Fsp3) is 0.800. The number of nitrogens with zero attached hydrogens (tertiary/aromatic N) is 2. The quantitative estimate of drug-likeness (QED) is 0.820. The van der Waals surface area contributed by atoms with Crippen LogP contribution in [0.15, 0.2) is 4.52 Å². The van der Waals surface area contributed by atoms with Crippen LogP contribution in [0.2, 0.25) is 0 Å². The summed E-state index contributed by atoms with van der Waals surface area (Å²) in [5, 5.41) is 3.91. The van der Waals surface area contributed by atoms with E-state index in [1.165, 1.54) is 0 Å². The summed E-state index contributed by atoms with van der Waals surface area (Å²) in [5.74, 6) is 1.18. The molecule has 2 heterocycles. The van der Waals surface area contributed by atoms with Crippen molar-refractivity contribution in [2.45, 2.75) is 44.8 Å². The number of rotatable bonds is 4. The predicted molar refractivity (Wildman–Crippen MR) is 54.1 cm³/mol. The normalized spacial score (nSPS) is 23.2. The lowest BCUT2D eigenvalue weighted by molar-refractivity contribution is 0.103. The first kappa shape index (κ1) is 10.6. The topological polar surface area (TPSA) is 74.2 Å². The van der Waals surface area contributed by atoms with E-state index in [1.807, 2.05) is 0 Å². The molecule has 0 aromatic carbocycles. The minimum Gasteiger partial charge on any atom is -0.370 e. The molecule has 0 aliphatic carbocycles. The fourth-order valence-corrected chi connectivity index (χ4v) is 1.74. The van der Waals surface area contributed by atoms with Crippen LogP contribution in [0.1, 0.15) is 56.5 Å². The molecule has 2 unspecified atom stereocenters. The van der Waals surface area contributed by atoms with Crippen LogP contribution >= 0.6 is 0 Å². The van der Waals surface area contributed by atoms with Gasteiger partial charge in [-0.05, 0) is 19.3 Å². The maximum atomic E-state index is 5.88. The first-order chi connectivity index (χ1) is 7.31. The van der Waals surface area contributed by atoms with Crippen LogP contribution in [0.3, 0.4) is 0 Å². The predicted octanol–water partition coefficient (Wildman–Crippen LogP) is 1.72. The highest BCUT2D eigenvalue weighted by molar-refractivity contribution is 4.96. The van der Waals surface area contributed by atoms with Crippen LogP contribution in [0, 0.1) is 0 Å². The largest absolute Gasteiger partial charge is 0.370 e. The molecule has 0 spiro atoms. The van der Waals surface area contributed by atoms with Crippen LogP contribution in [0.25, 0.3) is 0 Å². The SMILES string of the molecule is CCCC(N)c1nc(C2CCCO2)no1. The minimum atomic E-state index is -0.141. The molecule has 1 saturated heterocycles. The fourth-order valence-electron chi connectivity index (χ4n) is 1.74. The van der Waals surface area contributed by atoms with E-state index >= 15 is 0 Å². The van der Waals surface area contributed by atoms with E-state index in [-0.39, 0.29) is 12.1 Å². The number of ether oxygens (including phenoxy) is 1. The van der Waals surface area contributed by atoms with E-state index in [0.29, 0.717) is 11.7 Å². The van der Waals surface area contributed by atoms with Crippen molar-refractivity contribution in [2.75, 3.05) is 6.61 Å². The lowest BCUT2D eigenvalue weighted by Crippen LogP contribution is -2.10. The molecule has 5 nitrogen and oxygen atoms in total. The van der Waals surface area contributed by atoms with E-state index < -0.39 is 0 Å². The molecule has 2 atom stereocenters. The van der Waals surface area contributed by atoms with Gasteiger partial charge in [0.25, 0.3) is 0 Å². The van der Waals surface area contributed by atoms with Gasteiger partial charge in [-0.15, -0.1) is 0 Å². The molecule has 0 radical (unpaired) electrons. The van der Waals surface area contributed by atoms with Crippen LogP contribution in [-0.2, 0) is 4.74 Å². The molecule has 0 bridgehead atoms. The highest BCUT2D eigenvalue weighted by Crippen LogP contribution is 2.27. The summed E-state index contributed by atoms with van der Waals surface area (Å²) >= 11 is 0. The van der Waals surface area contributed by atoms with Crippen molar-refractivity contribution < 1.29 is 9.26 Å². The molecule has 1 aliphatic heterocycles. The summed E-state index contributed by atoms with van der Waals surface area (Å²) in [6.45, 7) is 2.87. The van der Waals surface area contributed by atoms with Crippen LogP contribution in [-0.4, -0.2) is 16.7 Å². The number of nitrogens with two attached hydrogens (primary N) is 1. The molecule has 15 heavy (non-hydrogen) atoms. The average Bonchev–Trinajstić information content (AvgIpc) is 2.89. The van der Waals surface area contributed by atoms with Gasteiger partial charge < -0.3 is 15.0 Å². The Kier molecular flexibility index (Phi) is 3.33. The molecule has 1 fully saturated rings. The number of aromatic nitrogens is 2. The first-order valence-corrected chi connectivity index (χ1v) is 5.52. The van der Waals surface area contributed by atoms with Crippen molar-refractivity contribution in [2.24, 2.45) is 5.73 Å². The van der Waals surface area contributed by atoms with Crippen molar-refractivity contribution in [1.29, 1.82) is 0 Å². The Balaban J connectivity index is 2.02. The average molecular weight is 211 g/mol. The van der Waals surface area contributed by atoms with Crippen molar-refractivity contribution in [3.63, 3.8) is 0 Å². The maximum Gasteiger partial charge on any atom is 0.243 e. The zero-order valence-electron chi connectivity index (χ0n) is 8.98. The number of hydrogen-bond acceptors (Lipinski definition) is 5. The third-order valence-electron chi connectivity index (χ3n) is 2.59. The molecule has 1 aromatic rings. The molecular weight excluding hydrogens is 194 g/mol. The van der Waals surface area contributed by atoms with E-state index in [2.05, 4.69) is 17.1 Å². The summed E-state index contributed by atoms with van der Waals surface area (Å²) in [4.78, 5) is 4.28. The van der Waals surface area contributed by atoms with Gasteiger partial charge >= 0.3 is 0 Å². The Morgan fingerprint density at radius 1 is 1.60 bits per heavy atom. The zero-order chi connectivity index (χ0) is 10.7. The third kappa shape index (κ3) is 2.35. The Morgan fingerprint density at radius 3 is 3.13 bits per heavy atom. The highest BCUT2D eigenvalue weighted by Gasteiger charge is 2.24. The van der Waals surface area contributed by atoms with Gasteiger partial charge in [-0.25, -0.2) is 0 Å². The van der Waals surface area contributed by atoms with Crippen molar-refractivity contribution >= 4 is 0 Å². The summed E-state index contributed by atoms with van der Waals surface area (Å²) in [7, 11) is 0. The Bertz CT molecular complexity index is 307. The zero-order valence-corrected chi connectivity index (χ0v) is 8.98.